The van der Waals surface area contributed by atoms with Gasteiger partial charge in [0.1, 0.15) is 12.4 Å². The molecule has 2 aromatic carbocycles. The first-order valence-electron chi connectivity index (χ1n) is 5.80. The molecule has 0 unspecified atom stereocenters. The fourth-order valence-corrected chi connectivity index (χ4v) is 2.03. The standard InChI is InChI=1S/C15H16BrNO/c1-10-7-14(8-11(2)15(10)17)18-9-12-3-5-13(16)6-4-12/h3-8H,9,17H2,1-2H3. The Balaban J connectivity index is 2.08. The maximum atomic E-state index is 5.91. The van der Waals surface area contributed by atoms with Crippen LogP contribution in [0.4, 0.5) is 5.69 Å². The van der Waals surface area contributed by atoms with Crippen LogP contribution in [0.5, 0.6) is 5.75 Å². The average Bonchev–Trinajstić information content (AvgIpc) is 2.35. The van der Waals surface area contributed by atoms with Gasteiger partial charge in [0.25, 0.3) is 0 Å². The molecule has 2 nitrogen and oxygen atoms in total. The van der Waals surface area contributed by atoms with Gasteiger partial charge in [0.15, 0.2) is 0 Å². The highest BCUT2D eigenvalue weighted by Gasteiger charge is 2.03. The molecule has 0 saturated heterocycles. The van der Waals surface area contributed by atoms with Gasteiger partial charge in [-0.3, -0.25) is 0 Å². The Labute approximate surface area is 116 Å². The van der Waals surface area contributed by atoms with Crippen LogP contribution >= 0.6 is 15.9 Å². The van der Waals surface area contributed by atoms with E-state index in [0.717, 1.165) is 32.6 Å². The number of ether oxygens (including phenoxy) is 1. The van der Waals surface area contributed by atoms with E-state index in [1.54, 1.807) is 0 Å². The normalized spacial score (nSPS) is 10.4. The van der Waals surface area contributed by atoms with Crippen LogP contribution in [0.25, 0.3) is 0 Å². The lowest BCUT2D eigenvalue weighted by atomic mass is 10.1. The van der Waals surface area contributed by atoms with Crippen LogP contribution < -0.4 is 10.5 Å². The number of hydrogen-bond donors (Lipinski definition) is 1. The summed E-state index contributed by atoms with van der Waals surface area (Å²) in [6.45, 7) is 4.56. The molecule has 2 N–H and O–H groups in total. The van der Waals surface area contributed by atoms with Crippen molar-refractivity contribution < 1.29 is 4.74 Å². The Morgan fingerprint density at radius 1 is 1.06 bits per heavy atom. The molecule has 2 aromatic rings. The Morgan fingerprint density at radius 2 is 1.61 bits per heavy atom. The fourth-order valence-electron chi connectivity index (χ4n) is 1.77. The summed E-state index contributed by atoms with van der Waals surface area (Å²) < 4.78 is 6.85. The van der Waals surface area contributed by atoms with Crippen molar-refractivity contribution >= 4 is 21.6 Å². The lowest BCUT2D eigenvalue weighted by molar-refractivity contribution is 0.306. The van der Waals surface area contributed by atoms with Gasteiger partial charge in [0, 0.05) is 10.2 Å². The van der Waals surface area contributed by atoms with Crippen LogP contribution in [-0.2, 0) is 6.61 Å². The van der Waals surface area contributed by atoms with Crippen LogP contribution in [0.1, 0.15) is 16.7 Å². The highest BCUT2D eigenvalue weighted by molar-refractivity contribution is 9.10. The minimum Gasteiger partial charge on any atom is -0.489 e. The zero-order valence-electron chi connectivity index (χ0n) is 10.5. The van der Waals surface area contributed by atoms with E-state index < -0.39 is 0 Å². The van der Waals surface area contributed by atoms with Crippen LogP contribution in [0, 0.1) is 13.8 Å². The Morgan fingerprint density at radius 3 is 2.17 bits per heavy atom. The summed E-state index contributed by atoms with van der Waals surface area (Å²) >= 11 is 3.41. The zero-order valence-corrected chi connectivity index (χ0v) is 12.1. The van der Waals surface area contributed by atoms with Crippen molar-refractivity contribution in [3.63, 3.8) is 0 Å². The van der Waals surface area contributed by atoms with Gasteiger partial charge in [0.2, 0.25) is 0 Å². The van der Waals surface area contributed by atoms with Crippen molar-refractivity contribution in [3.8, 4) is 5.75 Å². The number of hydrogen-bond acceptors (Lipinski definition) is 2. The predicted octanol–water partition coefficient (Wildman–Crippen LogP) is 4.23. The van der Waals surface area contributed by atoms with Gasteiger partial charge in [-0.2, -0.15) is 0 Å². The molecule has 0 radical (unpaired) electrons. The number of aryl methyl sites for hydroxylation is 2. The summed E-state index contributed by atoms with van der Waals surface area (Å²) in [5.41, 5.74) is 10.0. The lowest BCUT2D eigenvalue weighted by Crippen LogP contribution is -1.98. The molecule has 0 fully saturated rings. The molecule has 0 aliphatic rings. The van der Waals surface area contributed by atoms with E-state index in [2.05, 4.69) is 15.9 Å². The van der Waals surface area contributed by atoms with Crippen LogP contribution in [0.2, 0.25) is 0 Å². The van der Waals surface area contributed by atoms with E-state index in [0.29, 0.717) is 6.61 Å². The molecule has 0 saturated carbocycles. The molecular weight excluding hydrogens is 290 g/mol. The number of nitrogens with two attached hydrogens (primary N) is 1. The molecule has 0 amide bonds. The summed E-state index contributed by atoms with van der Waals surface area (Å²) in [5.74, 6) is 0.863. The number of benzene rings is 2. The molecule has 2 rings (SSSR count). The average molecular weight is 306 g/mol. The third-order valence-electron chi connectivity index (χ3n) is 2.89. The quantitative estimate of drug-likeness (QED) is 0.861. The van der Waals surface area contributed by atoms with Crippen LogP contribution in [-0.4, -0.2) is 0 Å². The van der Waals surface area contributed by atoms with Gasteiger partial charge in [-0.1, -0.05) is 28.1 Å². The highest BCUT2D eigenvalue weighted by atomic mass is 79.9. The van der Waals surface area contributed by atoms with Crippen molar-refractivity contribution in [2.24, 2.45) is 0 Å². The second kappa shape index (κ2) is 5.44. The van der Waals surface area contributed by atoms with Gasteiger partial charge in [-0.15, -0.1) is 0 Å². The van der Waals surface area contributed by atoms with Crippen molar-refractivity contribution in [1.82, 2.24) is 0 Å². The van der Waals surface area contributed by atoms with Crippen LogP contribution in [0.15, 0.2) is 40.9 Å². The largest absolute Gasteiger partial charge is 0.489 e. The van der Waals surface area contributed by atoms with Gasteiger partial charge in [0.05, 0.1) is 0 Å². The second-order valence-electron chi connectivity index (χ2n) is 4.39. The summed E-state index contributed by atoms with van der Waals surface area (Å²) in [6, 6.07) is 12.1. The number of nitrogen functional groups attached to an aromatic ring is 1. The zero-order chi connectivity index (χ0) is 13.1. The molecular formula is C15H16BrNO. The molecule has 0 bridgehead atoms. The third kappa shape index (κ3) is 3.05. The smallest absolute Gasteiger partial charge is 0.120 e. The Hall–Kier alpha value is -1.48. The molecule has 0 aromatic heterocycles. The number of anilines is 1. The topological polar surface area (TPSA) is 35.2 Å². The summed E-state index contributed by atoms with van der Waals surface area (Å²) in [4.78, 5) is 0. The van der Waals surface area contributed by atoms with Gasteiger partial charge >= 0.3 is 0 Å². The van der Waals surface area contributed by atoms with E-state index in [9.17, 15) is 0 Å². The summed E-state index contributed by atoms with van der Waals surface area (Å²) in [7, 11) is 0. The maximum absolute atomic E-state index is 5.91. The molecule has 3 heteroatoms. The number of rotatable bonds is 3. The third-order valence-corrected chi connectivity index (χ3v) is 3.41. The molecule has 0 heterocycles. The van der Waals surface area contributed by atoms with Crippen molar-refractivity contribution in [2.75, 3.05) is 5.73 Å². The van der Waals surface area contributed by atoms with E-state index in [-0.39, 0.29) is 0 Å². The summed E-state index contributed by atoms with van der Waals surface area (Å²) in [6.07, 6.45) is 0. The summed E-state index contributed by atoms with van der Waals surface area (Å²) in [5, 5.41) is 0. The van der Waals surface area contributed by atoms with Crippen molar-refractivity contribution in [3.05, 3.63) is 57.6 Å². The minimum absolute atomic E-state index is 0.566. The molecule has 0 aliphatic heterocycles. The highest BCUT2D eigenvalue weighted by Crippen LogP contribution is 2.24. The number of halogens is 1. The minimum atomic E-state index is 0.566. The predicted molar refractivity (Wildman–Crippen MR) is 78.8 cm³/mol. The van der Waals surface area contributed by atoms with E-state index >= 15 is 0 Å². The molecule has 18 heavy (non-hydrogen) atoms. The van der Waals surface area contributed by atoms with Crippen LogP contribution in [0.3, 0.4) is 0 Å². The lowest BCUT2D eigenvalue weighted by Gasteiger charge is -2.10. The molecule has 94 valence electrons. The first-order chi connectivity index (χ1) is 8.56. The fraction of sp³-hybridized carbons (Fsp3) is 0.200. The monoisotopic (exact) mass is 305 g/mol. The molecule has 0 spiro atoms. The van der Waals surface area contributed by atoms with E-state index in [1.807, 2.05) is 50.2 Å². The van der Waals surface area contributed by atoms with E-state index in [1.165, 1.54) is 0 Å². The maximum Gasteiger partial charge on any atom is 0.120 e. The van der Waals surface area contributed by atoms with Crippen molar-refractivity contribution in [2.45, 2.75) is 20.5 Å². The first kappa shape index (κ1) is 13.0. The molecule has 0 aliphatic carbocycles. The SMILES string of the molecule is Cc1cc(OCc2ccc(Br)cc2)cc(C)c1N. The first-order valence-corrected chi connectivity index (χ1v) is 6.59. The van der Waals surface area contributed by atoms with Crippen molar-refractivity contribution in [1.29, 1.82) is 0 Å². The Kier molecular flexibility index (Phi) is 3.92. The van der Waals surface area contributed by atoms with Gasteiger partial charge < -0.3 is 10.5 Å². The molecule has 0 atom stereocenters. The Bertz CT molecular complexity index is 526. The second-order valence-corrected chi connectivity index (χ2v) is 5.30. The van der Waals surface area contributed by atoms with Gasteiger partial charge in [-0.25, -0.2) is 0 Å². The van der Waals surface area contributed by atoms with Gasteiger partial charge in [-0.05, 0) is 54.8 Å². The van der Waals surface area contributed by atoms with E-state index in [4.69, 9.17) is 10.5 Å².